The van der Waals surface area contributed by atoms with Gasteiger partial charge in [-0.3, -0.25) is 9.59 Å². The van der Waals surface area contributed by atoms with Gasteiger partial charge in [0.2, 0.25) is 0 Å². The lowest BCUT2D eigenvalue weighted by Crippen LogP contribution is -2.35. The summed E-state index contributed by atoms with van der Waals surface area (Å²) >= 11 is 0. The van der Waals surface area contributed by atoms with Gasteiger partial charge >= 0.3 is 5.97 Å². The van der Waals surface area contributed by atoms with E-state index in [1.165, 1.54) is 7.11 Å². The summed E-state index contributed by atoms with van der Waals surface area (Å²) in [5.74, 6) is -0.456. The first-order chi connectivity index (χ1) is 6.65. The third-order valence-corrected chi connectivity index (χ3v) is 2.44. The molecule has 0 bridgehead atoms. The molecule has 80 valence electrons. The van der Waals surface area contributed by atoms with Crippen molar-refractivity contribution in [2.75, 3.05) is 20.2 Å². The predicted octanol–water partition coefficient (Wildman–Crippen LogP) is -0.945. The monoisotopic (exact) mass is 200 g/mol. The van der Waals surface area contributed by atoms with Crippen molar-refractivity contribution in [3.8, 4) is 0 Å². The van der Waals surface area contributed by atoms with E-state index < -0.39 is 12.0 Å². The molecule has 0 amide bonds. The van der Waals surface area contributed by atoms with E-state index in [4.69, 9.17) is 5.73 Å². The molecule has 1 saturated heterocycles. The van der Waals surface area contributed by atoms with E-state index >= 15 is 0 Å². The number of rotatable bonds is 4. The number of esters is 1. The van der Waals surface area contributed by atoms with E-state index in [1.807, 2.05) is 0 Å². The zero-order valence-electron chi connectivity index (χ0n) is 8.29. The van der Waals surface area contributed by atoms with E-state index in [0.29, 0.717) is 6.54 Å². The summed E-state index contributed by atoms with van der Waals surface area (Å²) in [7, 11) is 1.27. The van der Waals surface area contributed by atoms with E-state index in [2.05, 4.69) is 10.1 Å². The van der Waals surface area contributed by atoms with Crippen molar-refractivity contribution in [3.05, 3.63) is 0 Å². The molecular formula is C9H16N2O3. The second kappa shape index (κ2) is 5.07. The Morgan fingerprint density at radius 3 is 2.86 bits per heavy atom. The summed E-state index contributed by atoms with van der Waals surface area (Å²) in [5, 5.41) is 3.09. The minimum atomic E-state index is -0.812. The molecule has 1 heterocycles. The smallest absolute Gasteiger partial charge is 0.323 e. The Balaban J connectivity index is 2.35. The van der Waals surface area contributed by atoms with Crippen LogP contribution in [-0.4, -0.2) is 38.0 Å². The summed E-state index contributed by atoms with van der Waals surface area (Å²) in [6.45, 7) is 1.57. The molecule has 14 heavy (non-hydrogen) atoms. The van der Waals surface area contributed by atoms with Crippen molar-refractivity contribution < 1.29 is 14.3 Å². The maximum Gasteiger partial charge on any atom is 0.323 e. The van der Waals surface area contributed by atoms with E-state index in [0.717, 1.165) is 13.0 Å². The van der Waals surface area contributed by atoms with Crippen molar-refractivity contribution in [2.45, 2.75) is 18.9 Å². The minimum Gasteiger partial charge on any atom is -0.468 e. The highest BCUT2D eigenvalue weighted by molar-refractivity contribution is 5.88. The molecule has 1 rings (SSSR count). The van der Waals surface area contributed by atoms with Crippen LogP contribution in [0, 0.1) is 5.92 Å². The van der Waals surface area contributed by atoms with Crippen LogP contribution in [0.25, 0.3) is 0 Å². The number of ether oxygens (including phenoxy) is 1. The fourth-order valence-corrected chi connectivity index (χ4v) is 1.55. The van der Waals surface area contributed by atoms with Gasteiger partial charge in [0.25, 0.3) is 0 Å². The number of carbonyl (C=O) groups excluding carboxylic acids is 2. The Hall–Kier alpha value is -0.940. The van der Waals surface area contributed by atoms with Gasteiger partial charge in [-0.05, 0) is 13.0 Å². The Morgan fingerprint density at radius 2 is 2.36 bits per heavy atom. The van der Waals surface area contributed by atoms with Crippen molar-refractivity contribution in [1.82, 2.24) is 5.32 Å². The predicted molar refractivity (Wildman–Crippen MR) is 50.6 cm³/mol. The van der Waals surface area contributed by atoms with Gasteiger partial charge in [-0.2, -0.15) is 0 Å². The van der Waals surface area contributed by atoms with E-state index in [-0.39, 0.29) is 18.1 Å². The van der Waals surface area contributed by atoms with Crippen LogP contribution in [0.5, 0.6) is 0 Å². The average Bonchev–Trinajstić information content (AvgIpc) is 2.69. The van der Waals surface area contributed by atoms with Crippen LogP contribution in [-0.2, 0) is 14.3 Å². The quantitative estimate of drug-likeness (QED) is 0.572. The summed E-state index contributed by atoms with van der Waals surface area (Å²) in [4.78, 5) is 22.5. The molecule has 1 fully saturated rings. The molecule has 2 atom stereocenters. The zero-order valence-corrected chi connectivity index (χ0v) is 8.29. The van der Waals surface area contributed by atoms with Gasteiger partial charge in [0.15, 0.2) is 0 Å². The molecule has 3 N–H and O–H groups in total. The second-order valence-electron chi connectivity index (χ2n) is 3.49. The largest absolute Gasteiger partial charge is 0.468 e. The summed E-state index contributed by atoms with van der Waals surface area (Å²) in [6, 6.07) is -0.812. The number of Topliss-reactive ketones (excluding diaryl/α,β-unsaturated/α-hetero) is 1. The number of nitrogens with two attached hydrogens (primary N) is 1. The molecule has 0 aromatic rings. The molecule has 2 unspecified atom stereocenters. The number of nitrogens with one attached hydrogen (secondary N) is 1. The summed E-state index contributed by atoms with van der Waals surface area (Å²) < 4.78 is 4.44. The number of hydrogen-bond donors (Lipinski definition) is 2. The lowest BCUT2D eigenvalue weighted by atomic mass is 9.98. The Morgan fingerprint density at radius 1 is 1.64 bits per heavy atom. The molecule has 0 radical (unpaired) electrons. The van der Waals surface area contributed by atoms with Crippen molar-refractivity contribution in [3.63, 3.8) is 0 Å². The van der Waals surface area contributed by atoms with Crippen molar-refractivity contribution in [1.29, 1.82) is 0 Å². The zero-order chi connectivity index (χ0) is 10.6. The van der Waals surface area contributed by atoms with Gasteiger partial charge in [0.1, 0.15) is 11.8 Å². The van der Waals surface area contributed by atoms with Crippen molar-refractivity contribution >= 4 is 11.8 Å². The number of carbonyl (C=O) groups is 2. The Kier molecular flexibility index (Phi) is 4.03. The maximum absolute atomic E-state index is 11.5. The molecule has 5 heteroatoms. The number of ketones is 1. The van der Waals surface area contributed by atoms with Crippen LogP contribution >= 0.6 is 0 Å². The average molecular weight is 200 g/mol. The lowest BCUT2D eigenvalue weighted by Gasteiger charge is -2.11. The molecule has 5 nitrogen and oxygen atoms in total. The Labute approximate surface area is 83.0 Å². The molecule has 0 spiro atoms. The van der Waals surface area contributed by atoms with Gasteiger partial charge < -0.3 is 15.8 Å². The van der Waals surface area contributed by atoms with Gasteiger partial charge in [0, 0.05) is 18.9 Å². The highest BCUT2D eigenvalue weighted by Gasteiger charge is 2.26. The van der Waals surface area contributed by atoms with Gasteiger partial charge in [-0.15, -0.1) is 0 Å². The highest BCUT2D eigenvalue weighted by atomic mass is 16.5. The third kappa shape index (κ3) is 2.78. The normalized spacial score (nSPS) is 23.1. The van der Waals surface area contributed by atoms with E-state index in [1.54, 1.807) is 0 Å². The summed E-state index contributed by atoms with van der Waals surface area (Å²) in [6.07, 6.45) is 0.922. The summed E-state index contributed by atoms with van der Waals surface area (Å²) in [5.41, 5.74) is 5.48. The molecule has 0 aromatic carbocycles. The number of hydrogen-bond acceptors (Lipinski definition) is 5. The van der Waals surface area contributed by atoms with Crippen LogP contribution in [0.2, 0.25) is 0 Å². The molecular weight excluding hydrogens is 184 g/mol. The third-order valence-electron chi connectivity index (χ3n) is 2.44. The fraction of sp³-hybridized carbons (Fsp3) is 0.778. The van der Waals surface area contributed by atoms with Crippen molar-refractivity contribution in [2.24, 2.45) is 11.7 Å². The highest BCUT2D eigenvalue weighted by Crippen LogP contribution is 2.11. The van der Waals surface area contributed by atoms with Crippen LogP contribution in [0.15, 0.2) is 0 Å². The van der Waals surface area contributed by atoms with Crippen LogP contribution in [0.3, 0.4) is 0 Å². The molecule has 0 aliphatic carbocycles. The first kappa shape index (κ1) is 11.1. The van der Waals surface area contributed by atoms with Crippen LogP contribution < -0.4 is 11.1 Å². The molecule has 1 aliphatic heterocycles. The van der Waals surface area contributed by atoms with E-state index in [9.17, 15) is 9.59 Å². The maximum atomic E-state index is 11.5. The molecule has 0 saturated carbocycles. The first-order valence-corrected chi connectivity index (χ1v) is 4.72. The topological polar surface area (TPSA) is 81.4 Å². The fourth-order valence-electron chi connectivity index (χ4n) is 1.55. The molecule has 1 aliphatic rings. The second-order valence-corrected chi connectivity index (χ2v) is 3.49. The standard InChI is InChI=1S/C9H16N2O3/c1-14-9(13)7(10)4-8(12)6-2-3-11-5-6/h6-7,11H,2-5,10H2,1H3. The lowest BCUT2D eigenvalue weighted by molar-refractivity contribution is -0.143. The van der Waals surface area contributed by atoms with Crippen LogP contribution in [0.4, 0.5) is 0 Å². The van der Waals surface area contributed by atoms with Gasteiger partial charge in [0.05, 0.1) is 7.11 Å². The number of methoxy groups -OCH3 is 1. The first-order valence-electron chi connectivity index (χ1n) is 4.72. The minimum absolute atomic E-state index is 0.0192. The SMILES string of the molecule is COC(=O)C(N)CC(=O)C1CCNC1. The molecule has 0 aromatic heterocycles. The Bertz CT molecular complexity index is 224. The van der Waals surface area contributed by atoms with Crippen LogP contribution in [0.1, 0.15) is 12.8 Å². The van der Waals surface area contributed by atoms with Gasteiger partial charge in [-0.1, -0.05) is 0 Å². The van der Waals surface area contributed by atoms with Gasteiger partial charge in [-0.25, -0.2) is 0 Å².